The van der Waals surface area contributed by atoms with Crippen LogP contribution in [0.4, 0.5) is 11.6 Å². The number of morpholine rings is 1. The Morgan fingerprint density at radius 1 is 1.15 bits per heavy atom. The van der Waals surface area contributed by atoms with Crippen LogP contribution in [0.15, 0.2) is 50.3 Å². The summed E-state index contributed by atoms with van der Waals surface area (Å²) in [5, 5.41) is 0. The third-order valence-electron chi connectivity index (χ3n) is 3.08. The van der Waals surface area contributed by atoms with Crippen molar-refractivity contribution in [2.75, 3.05) is 31.2 Å². The van der Waals surface area contributed by atoms with Crippen LogP contribution in [-0.4, -0.2) is 32.5 Å². The molecule has 1 saturated heterocycles. The lowest BCUT2D eigenvalue weighted by Gasteiger charge is -2.26. The minimum absolute atomic E-state index is 0.737. The van der Waals surface area contributed by atoms with Crippen molar-refractivity contribution >= 4 is 33.7 Å². The van der Waals surface area contributed by atoms with E-state index >= 15 is 0 Å². The quantitative estimate of drug-likeness (QED) is 0.804. The monoisotopic (exact) mass is 334 g/mol. The lowest BCUT2D eigenvalue weighted by molar-refractivity contribution is 0.120. The van der Waals surface area contributed by atoms with Crippen molar-refractivity contribution < 1.29 is 9.15 Å². The number of halogens is 1. The molecule has 0 atom stereocenters. The number of rotatable bonds is 3. The highest BCUT2D eigenvalue weighted by Crippen LogP contribution is 2.30. The fraction of sp³-hybridized carbons (Fsp3) is 0.267. The molecule has 0 bridgehead atoms. The Balaban J connectivity index is 1.76. The molecule has 1 aliphatic heterocycles. The highest BCUT2D eigenvalue weighted by molar-refractivity contribution is 9.10. The number of anilines is 1. The average Bonchev–Trinajstić information content (AvgIpc) is 2.88. The summed E-state index contributed by atoms with van der Waals surface area (Å²) in [6, 6.07) is 11.7. The second-order valence-electron chi connectivity index (χ2n) is 4.50. The van der Waals surface area contributed by atoms with Gasteiger partial charge in [-0.2, -0.15) is 0 Å². The van der Waals surface area contributed by atoms with E-state index in [0.29, 0.717) is 0 Å². The molecule has 104 valence electrons. The van der Waals surface area contributed by atoms with Gasteiger partial charge in [-0.1, -0.05) is 18.2 Å². The Bertz CT molecular complexity index is 589. The van der Waals surface area contributed by atoms with Crippen molar-refractivity contribution in [1.29, 1.82) is 0 Å². The number of ether oxygens (including phenoxy) is 1. The largest absolute Gasteiger partial charge is 0.438 e. The maximum absolute atomic E-state index is 5.85. The molecular weight excluding hydrogens is 320 g/mol. The fourth-order valence-corrected chi connectivity index (χ4v) is 2.63. The van der Waals surface area contributed by atoms with E-state index in [2.05, 4.69) is 25.8 Å². The molecule has 20 heavy (non-hydrogen) atoms. The molecule has 1 fully saturated rings. The van der Waals surface area contributed by atoms with Gasteiger partial charge in [0.1, 0.15) is 5.76 Å². The van der Waals surface area contributed by atoms with E-state index in [1.807, 2.05) is 36.4 Å². The molecule has 1 aromatic carbocycles. The third kappa shape index (κ3) is 3.11. The summed E-state index contributed by atoms with van der Waals surface area (Å²) in [6.07, 6.45) is 1.74. The van der Waals surface area contributed by atoms with Gasteiger partial charge < -0.3 is 14.1 Å². The number of aliphatic imine (C=N–C) groups is 1. The van der Waals surface area contributed by atoms with Gasteiger partial charge in [0.25, 0.3) is 0 Å². The van der Waals surface area contributed by atoms with E-state index in [1.54, 1.807) is 6.21 Å². The molecule has 2 heterocycles. The van der Waals surface area contributed by atoms with Gasteiger partial charge in [0.15, 0.2) is 0 Å². The summed E-state index contributed by atoms with van der Waals surface area (Å²) >= 11 is 3.54. The lowest BCUT2D eigenvalue weighted by Crippen LogP contribution is -2.36. The number of para-hydroxylation sites is 1. The first-order valence-corrected chi connectivity index (χ1v) is 7.33. The van der Waals surface area contributed by atoms with Crippen LogP contribution in [0.1, 0.15) is 5.76 Å². The SMILES string of the molecule is Brc1cc(C=Nc2ccccc2)oc1N1CCOCC1. The molecule has 0 amide bonds. The number of furan rings is 1. The molecule has 0 saturated carbocycles. The van der Waals surface area contributed by atoms with Gasteiger partial charge in [0.05, 0.1) is 29.6 Å². The van der Waals surface area contributed by atoms with Crippen LogP contribution >= 0.6 is 15.9 Å². The molecule has 0 spiro atoms. The van der Waals surface area contributed by atoms with Crippen LogP contribution in [0.5, 0.6) is 0 Å². The second-order valence-corrected chi connectivity index (χ2v) is 5.35. The lowest BCUT2D eigenvalue weighted by atomic mass is 10.3. The first-order valence-electron chi connectivity index (χ1n) is 6.54. The van der Waals surface area contributed by atoms with Crippen molar-refractivity contribution in [1.82, 2.24) is 0 Å². The minimum Gasteiger partial charge on any atom is -0.438 e. The molecule has 4 nitrogen and oxygen atoms in total. The van der Waals surface area contributed by atoms with Crippen LogP contribution in [0.3, 0.4) is 0 Å². The molecule has 1 aromatic heterocycles. The van der Waals surface area contributed by atoms with Crippen LogP contribution in [0.25, 0.3) is 0 Å². The van der Waals surface area contributed by atoms with E-state index in [9.17, 15) is 0 Å². The van der Waals surface area contributed by atoms with E-state index in [0.717, 1.165) is 48.1 Å². The Morgan fingerprint density at radius 2 is 1.90 bits per heavy atom. The topological polar surface area (TPSA) is 38.0 Å². The first kappa shape index (κ1) is 13.4. The highest BCUT2D eigenvalue weighted by Gasteiger charge is 2.18. The van der Waals surface area contributed by atoms with Crippen molar-refractivity contribution in [2.24, 2.45) is 4.99 Å². The normalized spacial score (nSPS) is 15.9. The highest BCUT2D eigenvalue weighted by atomic mass is 79.9. The Morgan fingerprint density at radius 3 is 2.65 bits per heavy atom. The number of hydrogen-bond donors (Lipinski definition) is 0. The molecule has 3 rings (SSSR count). The number of benzene rings is 1. The molecule has 1 aliphatic rings. The van der Waals surface area contributed by atoms with Crippen LogP contribution in [-0.2, 0) is 4.74 Å². The summed E-state index contributed by atoms with van der Waals surface area (Å²) < 4.78 is 12.2. The van der Waals surface area contributed by atoms with Gasteiger partial charge in [-0.25, -0.2) is 0 Å². The van der Waals surface area contributed by atoms with Crippen molar-refractivity contribution in [2.45, 2.75) is 0 Å². The molecule has 5 heteroatoms. The van der Waals surface area contributed by atoms with Crippen molar-refractivity contribution in [3.63, 3.8) is 0 Å². The maximum atomic E-state index is 5.85. The standard InChI is InChI=1S/C15H15BrN2O2/c16-14-10-13(11-17-12-4-2-1-3-5-12)20-15(14)18-6-8-19-9-7-18/h1-5,10-11H,6-9H2. The summed E-state index contributed by atoms with van der Waals surface area (Å²) in [6.45, 7) is 3.17. The molecule has 0 radical (unpaired) electrons. The predicted octanol–water partition coefficient (Wildman–Crippen LogP) is 3.63. The Labute approximate surface area is 126 Å². The molecule has 0 unspecified atom stereocenters. The van der Waals surface area contributed by atoms with Gasteiger partial charge in [0, 0.05) is 19.2 Å². The fourth-order valence-electron chi connectivity index (χ4n) is 2.07. The van der Waals surface area contributed by atoms with Crippen LogP contribution < -0.4 is 4.90 Å². The zero-order valence-electron chi connectivity index (χ0n) is 11.0. The van der Waals surface area contributed by atoms with Gasteiger partial charge in [0.2, 0.25) is 5.88 Å². The molecule has 0 N–H and O–H groups in total. The van der Waals surface area contributed by atoms with E-state index in [1.165, 1.54) is 0 Å². The first-order chi connectivity index (χ1) is 9.83. The smallest absolute Gasteiger partial charge is 0.210 e. The molecule has 2 aromatic rings. The second kappa shape index (κ2) is 6.24. The summed E-state index contributed by atoms with van der Waals surface area (Å²) in [5.41, 5.74) is 0.910. The third-order valence-corrected chi connectivity index (χ3v) is 3.65. The van der Waals surface area contributed by atoms with Gasteiger partial charge in [-0.15, -0.1) is 0 Å². The van der Waals surface area contributed by atoms with Gasteiger partial charge in [-0.05, 0) is 28.1 Å². The molecular formula is C15H15BrN2O2. The van der Waals surface area contributed by atoms with Crippen molar-refractivity contribution in [3.8, 4) is 0 Å². The molecule has 0 aliphatic carbocycles. The van der Waals surface area contributed by atoms with Crippen LogP contribution in [0, 0.1) is 0 Å². The van der Waals surface area contributed by atoms with E-state index in [4.69, 9.17) is 9.15 Å². The zero-order chi connectivity index (χ0) is 13.8. The average molecular weight is 335 g/mol. The van der Waals surface area contributed by atoms with E-state index in [-0.39, 0.29) is 0 Å². The van der Waals surface area contributed by atoms with E-state index < -0.39 is 0 Å². The Hall–Kier alpha value is -1.59. The Kier molecular flexibility index (Phi) is 4.18. The number of hydrogen-bond acceptors (Lipinski definition) is 4. The summed E-state index contributed by atoms with van der Waals surface area (Å²) in [5.74, 6) is 1.59. The van der Waals surface area contributed by atoms with Gasteiger partial charge in [-0.3, -0.25) is 4.99 Å². The minimum atomic E-state index is 0.737. The van der Waals surface area contributed by atoms with Gasteiger partial charge >= 0.3 is 0 Å². The summed E-state index contributed by atoms with van der Waals surface area (Å²) in [7, 11) is 0. The summed E-state index contributed by atoms with van der Waals surface area (Å²) in [4.78, 5) is 6.57. The van der Waals surface area contributed by atoms with Crippen molar-refractivity contribution in [3.05, 3.63) is 46.6 Å². The number of nitrogens with zero attached hydrogens (tertiary/aromatic N) is 2. The maximum Gasteiger partial charge on any atom is 0.210 e. The zero-order valence-corrected chi connectivity index (χ0v) is 12.5. The van der Waals surface area contributed by atoms with Crippen LogP contribution in [0.2, 0.25) is 0 Å². The predicted molar refractivity (Wildman–Crippen MR) is 83.1 cm³/mol.